The molecule has 1 N–H and O–H groups in total. The zero-order valence-electron chi connectivity index (χ0n) is 26.7. The Balaban J connectivity index is 2.02. The van der Waals surface area contributed by atoms with E-state index < -0.39 is 47.1 Å². The molecule has 4 atom stereocenters. The van der Waals surface area contributed by atoms with Gasteiger partial charge in [0.05, 0.1) is 12.3 Å². The van der Waals surface area contributed by atoms with Crippen LogP contribution in [0.1, 0.15) is 97.3 Å². The van der Waals surface area contributed by atoms with Crippen molar-refractivity contribution in [3.8, 4) is 0 Å². The van der Waals surface area contributed by atoms with Crippen LogP contribution in [0, 0.1) is 5.41 Å². The second kappa shape index (κ2) is 14.0. The molecule has 2 fully saturated rings. The summed E-state index contributed by atoms with van der Waals surface area (Å²) in [5.74, 6) is 0.0692. The minimum absolute atomic E-state index is 0.0655. The fourth-order valence-corrected chi connectivity index (χ4v) is 6.02. The number of likely N-dealkylation sites (tertiary alicyclic amines) is 2. The SMILES string of the molecule is C=CCCCCN1CC[C@@H](c2coc(CCC=C)c2)[C@]2(CC(COC(=O)OC(C)(C)C)N(C(=O)OC(C)(C)C)C2O)C1=O. The van der Waals surface area contributed by atoms with Crippen LogP contribution in [0.4, 0.5) is 9.59 Å². The molecule has 1 aromatic rings. The Bertz CT molecular complexity index is 1150. The van der Waals surface area contributed by atoms with Crippen LogP contribution in [-0.2, 0) is 25.4 Å². The fourth-order valence-electron chi connectivity index (χ4n) is 6.02. The Morgan fingerprint density at radius 1 is 1.09 bits per heavy atom. The second-order valence-corrected chi connectivity index (χ2v) is 13.5. The topological polar surface area (TPSA) is 119 Å². The predicted octanol–water partition coefficient (Wildman–Crippen LogP) is 6.34. The summed E-state index contributed by atoms with van der Waals surface area (Å²) in [5.41, 5.74) is -2.26. The maximum atomic E-state index is 14.5. The zero-order valence-corrected chi connectivity index (χ0v) is 26.7. The minimum Gasteiger partial charge on any atom is -0.469 e. The van der Waals surface area contributed by atoms with Crippen molar-refractivity contribution in [1.82, 2.24) is 9.80 Å². The molecule has 0 aliphatic carbocycles. The van der Waals surface area contributed by atoms with Gasteiger partial charge in [-0.15, -0.1) is 13.2 Å². The number of aliphatic hydroxyl groups excluding tert-OH is 1. The molecule has 2 aliphatic rings. The molecule has 2 saturated heterocycles. The van der Waals surface area contributed by atoms with E-state index in [2.05, 4.69) is 13.2 Å². The van der Waals surface area contributed by atoms with E-state index in [1.807, 2.05) is 18.2 Å². The summed E-state index contributed by atoms with van der Waals surface area (Å²) >= 11 is 0. The number of rotatable bonds is 11. The molecule has 2 unspecified atom stereocenters. The largest absolute Gasteiger partial charge is 0.508 e. The number of allylic oxidation sites excluding steroid dienone is 2. The summed E-state index contributed by atoms with van der Waals surface area (Å²) in [6, 6.07) is 1.09. The summed E-state index contributed by atoms with van der Waals surface area (Å²) < 4.78 is 22.3. The normalized spacial score (nSPS) is 24.3. The van der Waals surface area contributed by atoms with Gasteiger partial charge in [0.15, 0.2) is 0 Å². The van der Waals surface area contributed by atoms with Crippen molar-refractivity contribution >= 4 is 18.2 Å². The molecule has 3 heterocycles. The minimum atomic E-state index is -1.53. The van der Waals surface area contributed by atoms with E-state index in [4.69, 9.17) is 18.6 Å². The molecule has 3 rings (SSSR count). The van der Waals surface area contributed by atoms with Crippen molar-refractivity contribution < 1.29 is 38.1 Å². The first kappa shape index (κ1) is 34.2. The van der Waals surface area contributed by atoms with Gasteiger partial charge in [-0.1, -0.05) is 12.2 Å². The van der Waals surface area contributed by atoms with Crippen LogP contribution in [-0.4, -0.2) is 76.2 Å². The number of nitrogens with zero attached hydrogens (tertiary/aromatic N) is 2. The van der Waals surface area contributed by atoms with Gasteiger partial charge in [0.2, 0.25) is 5.91 Å². The molecule has 0 radical (unpaired) electrons. The van der Waals surface area contributed by atoms with Crippen molar-refractivity contribution in [2.24, 2.45) is 5.41 Å². The van der Waals surface area contributed by atoms with Gasteiger partial charge in [-0.05, 0) is 91.7 Å². The van der Waals surface area contributed by atoms with Crippen molar-refractivity contribution in [2.75, 3.05) is 19.7 Å². The van der Waals surface area contributed by atoms with Gasteiger partial charge in [-0.3, -0.25) is 9.69 Å². The van der Waals surface area contributed by atoms with Gasteiger partial charge in [-0.2, -0.15) is 0 Å². The first-order chi connectivity index (χ1) is 20.1. The molecule has 0 saturated carbocycles. The molecule has 240 valence electrons. The number of amides is 2. The average Bonchev–Trinajstić information content (AvgIpc) is 3.47. The summed E-state index contributed by atoms with van der Waals surface area (Å²) in [7, 11) is 0. The number of furan rings is 1. The number of hydrogen-bond donors (Lipinski definition) is 1. The Morgan fingerprint density at radius 2 is 1.77 bits per heavy atom. The van der Waals surface area contributed by atoms with Crippen LogP contribution in [0.5, 0.6) is 0 Å². The Labute approximate surface area is 256 Å². The Kier molecular flexibility index (Phi) is 11.2. The number of aliphatic hydroxyl groups is 1. The van der Waals surface area contributed by atoms with Gasteiger partial charge in [0.25, 0.3) is 0 Å². The van der Waals surface area contributed by atoms with Crippen LogP contribution < -0.4 is 0 Å². The maximum Gasteiger partial charge on any atom is 0.508 e. The van der Waals surface area contributed by atoms with E-state index in [0.717, 1.165) is 37.0 Å². The number of carbonyl (C=O) groups is 3. The number of hydrogen-bond acceptors (Lipinski definition) is 8. The number of aryl methyl sites for hydroxylation is 1. The average molecular weight is 603 g/mol. The van der Waals surface area contributed by atoms with Crippen LogP contribution in [0.2, 0.25) is 0 Å². The number of unbranched alkanes of at least 4 members (excludes halogenated alkanes) is 2. The lowest BCUT2D eigenvalue weighted by Gasteiger charge is -2.47. The molecule has 10 nitrogen and oxygen atoms in total. The molecule has 2 amide bonds. The standard InChI is InChI=1S/C33H50N2O8/c1-9-11-13-14-17-34-18-16-26(23-19-25(40-21-23)15-12-10-2)33(27(34)36)20-24(22-41-30(39)43-32(6,7)8)35(28(33)37)29(38)42-31(3,4)5/h9-10,19,21,24,26,28,37H,1-2,11-18,20,22H2,3-8H3/t24?,26-,28?,33+/m0/s1. The molecule has 1 spiro atoms. The van der Waals surface area contributed by atoms with Crippen molar-refractivity contribution in [2.45, 2.75) is 116 Å². The summed E-state index contributed by atoms with van der Waals surface area (Å²) in [4.78, 5) is 43.5. The van der Waals surface area contributed by atoms with Crippen molar-refractivity contribution in [1.29, 1.82) is 0 Å². The van der Waals surface area contributed by atoms with Crippen LogP contribution >= 0.6 is 0 Å². The predicted molar refractivity (Wildman–Crippen MR) is 162 cm³/mol. The first-order valence-corrected chi connectivity index (χ1v) is 15.3. The first-order valence-electron chi connectivity index (χ1n) is 15.3. The maximum absolute atomic E-state index is 14.5. The van der Waals surface area contributed by atoms with Crippen LogP contribution in [0.3, 0.4) is 0 Å². The quantitative estimate of drug-likeness (QED) is 0.177. The van der Waals surface area contributed by atoms with Gasteiger partial charge in [0.1, 0.15) is 35.2 Å². The van der Waals surface area contributed by atoms with E-state index in [0.29, 0.717) is 25.9 Å². The zero-order chi connectivity index (χ0) is 32.0. The van der Waals surface area contributed by atoms with E-state index in [-0.39, 0.29) is 18.9 Å². The van der Waals surface area contributed by atoms with Gasteiger partial charge >= 0.3 is 12.2 Å². The van der Waals surface area contributed by atoms with Crippen molar-refractivity contribution in [3.05, 3.63) is 49.0 Å². The van der Waals surface area contributed by atoms with Gasteiger partial charge in [-0.25, -0.2) is 9.59 Å². The monoisotopic (exact) mass is 602 g/mol. The summed E-state index contributed by atoms with van der Waals surface area (Å²) in [6.07, 6.45) is 6.63. The van der Waals surface area contributed by atoms with E-state index in [9.17, 15) is 19.5 Å². The third-order valence-corrected chi connectivity index (χ3v) is 7.83. The Hall–Kier alpha value is -3.27. The molecule has 2 aliphatic heterocycles. The fraction of sp³-hybridized carbons (Fsp3) is 0.667. The molecular weight excluding hydrogens is 552 g/mol. The molecule has 43 heavy (non-hydrogen) atoms. The highest BCUT2D eigenvalue weighted by Gasteiger charge is 2.65. The Morgan fingerprint density at radius 3 is 2.40 bits per heavy atom. The van der Waals surface area contributed by atoms with Crippen LogP contribution in [0.15, 0.2) is 42.1 Å². The second-order valence-electron chi connectivity index (χ2n) is 13.5. The number of piperidine rings is 1. The smallest absolute Gasteiger partial charge is 0.469 e. The molecule has 0 bridgehead atoms. The van der Waals surface area contributed by atoms with E-state index in [1.54, 1.807) is 52.7 Å². The lowest BCUT2D eigenvalue weighted by Crippen LogP contribution is -2.59. The highest BCUT2D eigenvalue weighted by Crippen LogP contribution is 2.55. The number of carbonyl (C=O) groups excluding carboxylic acids is 3. The van der Waals surface area contributed by atoms with Crippen LogP contribution in [0.25, 0.3) is 0 Å². The third kappa shape index (κ3) is 8.43. The molecule has 1 aromatic heterocycles. The highest BCUT2D eigenvalue weighted by atomic mass is 16.7. The van der Waals surface area contributed by atoms with Crippen molar-refractivity contribution in [3.63, 3.8) is 0 Å². The summed E-state index contributed by atoms with van der Waals surface area (Å²) in [6.45, 7) is 18.7. The van der Waals surface area contributed by atoms with E-state index >= 15 is 0 Å². The highest BCUT2D eigenvalue weighted by molar-refractivity contribution is 5.87. The lowest BCUT2D eigenvalue weighted by atomic mass is 9.65. The number of ether oxygens (including phenoxy) is 3. The van der Waals surface area contributed by atoms with E-state index in [1.165, 1.54) is 4.90 Å². The van der Waals surface area contributed by atoms with Gasteiger partial charge < -0.3 is 28.6 Å². The molecule has 10 heteroatoms. The van der Waals surface area contributed by atoms with Gasteiger partial charge in [0, 0.05) is 25.4 Å². The molecular formula is C33H50N2O8. The lowest BCUT2D eigenvalue weighted by molar-refractivity contribution is -0.160. The molecule has 0 aromatic carbocycles. The summed E-state index contributed by atoms with van der Waals surface area (Å²) in [5, 5.41) is 12.1. The third-order valence-electron chi connectivity index (χ3n) is 7.83.